The fourth-order valence-corrected chi connectivity index (χ4v) is 3.52. The largest absolute Gasteiger partial charge is 0.437 e. The molecule has 0 bridgehead atoms. The maximum absolute atomic E-state index is 12.1. The predicted molar refractivity (Wildman–Crippen MR) is 100 cm³/mol. The van der Waals surface area contributed by atoms with E-state index in [0.717, 1.165) is 63.3 Å². The zero-order chi connectivity index (χ0) is 17.8. The van der Waals surface area contributed by atoms with E-state index in [0.29, 0.717) is 5.92 Å². The van der Waals surface area contributed by atoms with Gasteiger partial charge < -0.3 is 14.6 Å². The van der Waals surface area contributed by atoms with E-state index in [4.69, 9.17) is 4.42 Å². The third-order valence-electron chi connectivity index (χ3n) is 5.32. The van der Waals surface area contributed by atoms with Crippen molar-refractivity contribution >= 4 is 5.91 Å². The molecule has 0 unspecified atom stereocenters. The number of carbonyl (C=O) groups is 1. The number of carbonyl (C=O) groups excluding carboxylic acids is 1. The minimum atomic E-state index is -0.162. The van der Waals surface area contributed by atoms with Gasteiger partial charge in [-0.3, -0.25) is 4.79 Å². The van der Waals surface area contributed by atoms with Crippen molar-refractivity contribution in [2.75, 3.05) is 26.2 Å². The molecule has 1 aliphatic carbocycles. The van der Waals surface area contributed by atoms with Crippen LogP contribution in [-0.2, 0) is 19.3 Å². The van der Waals surface area contributed by atoms with Gasteiger partial charge >= 0.3 is 5.91 Å². The number of nitrogens with zero attached hydrogens (tertiary/aromatic N) is 2. The summed E-state index contributed by atoms with van der Waals surface area (Å²) in [7, 11) is 0. The Morgan fingerprint density at radius 2 is 2.00 bits per heavy atom. The number of rotatable bonds is 7. The van der Waals surface area contributed by atoms with E-state index in [2.05, 4.69) is 45.5 Å². The van der Waals surface area contributed by atoms with Gasteiger partial charge in [-0.15, -0.1) is 0 Å². The second-order valence-electron chi connectivity index (χ2n) is 7.47. The van der Waals surface area contributed by atoms with Crippen LogP contribution >= 0.6 is 0 Å². The summed E-state index contributed by atoms with van der Waals surface area (Å²) in [5, 5.41) is 2.93. The quantitative estimate of drug-likeness (QED) is 0.832. The molecule has 5 nitrogen and oxygen atoms in total. The number of aryl methyl sites for hydroxylation is 1. The van der Waals surface area contributed by atoms with E-state index in [1.165, 1.54) is 18.4 Å². The summed E-state index contributed by atoms with van der Waals surface area (Å²) in [5.74, 6) is 1.64. The summed E-state index contributed by atoms with van der Waals surface area (Å²) in [6.07, 6.45) is 6.42. The van der Waals surface area contributed by atoms with Crippen molar-refractivity contribution in [3.05, 3.63) is 53.2 Å². The van der Waals surface area contributed by atoms with Crippen LogP contribution in [0.1, 0.15) is 47.0 Å². The molecule has 0 spiro atoms. The van der Waals surface area contributed by atoms with Crippen molar-refractivity contribution in [3.8, 4) is 0 Å². The van der Waals surface area contributed by atoms with Gasteiger partial charge in [-0.25, -0.2) is 4.98 Å². The van der Waals surface area contributed by atoms with Gasteiger partial charge in [-0.05, 0) is 43.7 Å². The Balaban J connectivity index is 1.25. The lowest BCUT2D eigenvalue weighted by atomic mass is 10.1. The summed E-state index contributed by atoms with van der Waals surface area (Å²) in [5.41, 5.74) is 2.37. The van der Waals surface area contributed by atoms with E-state index >= 15 is 0 Å². The number of aromatic nitrogens is 1. The van der Waals surface area contributed by atoms with E-state index in [9.17, 15) is 4.79 Å². The number of fused-ring (bicyclic) bond motifs is 1. The molecule has 26 heavy (non-hydrogen) atoms. The highest BCUT2D eigenvalue weighted by atomic mass is 16.4. The fourth-order valence-electron chi connectivity index (χ4n) is 3.52. The molecular weight excluding hydrogens is 326 g/mol. The Hall–Kier alpha value is -2.14. The minimum Gasteiger partial charge on any atom is -0.437 e. The van der Waals surface area contributed by atoms with Gasteiger partial charge in [0.15, 0.2) is 0 Å². The molecule has 1 saturated carbocycles. The average molecular weight is 353 g/mol. The van der Waals surface area contributed by atoms with Gasteiger partial charge in [0, 0.05) is 32.5 Å². The maximum Gasteiger partial charge on any atom is 0.307 e. The molecule has 5 heteroatoms. The third kappa shape index (κ3) is 4.52. The fraction of sp³-hybridized carbons (Fsp3) is 0.524. The predicted octanol–water partition coefficient (Wildman–Crippen LogP) is 2.85. The Kier molecular flexibility index (Phi) is 5.34. The SMILES string of the molecule is O=C(NCC1CC1)c1nc2c(o1)CCN(CCCc1ccccc1)CC2. The maximum atomic E-state index is 12.1. The lowest BCUT2D eigenvalue weighted by Crippen LogP contribution is -2.28. The van der Waals surface area contributed by atoms with E-state index < -0.39 is 0 Å². The van der Waals surface area contributed by atoms with Crippen LogP contribution in [0.25, 0.3) is 0 Å². The Morgan fingerprint density at radius 1 is 1.19 bits per heavy atom. The molecule has 1 fully saturated rings. The number of hydrogen-bond acceptors (Lipinski definition) is 4. The van der Waals surface area contributed by atoms with Crippen LogP contribution in [0.5, 0.6) is 0 Å². The summed E-state index contributed by atoms with van der Waals surface area (Å²) in [4.78, 5) is 19.1. The molecule has 2 heterocycles. The van der Waals surface area contributed by atoms with Crippen molar-refractivity contribution in [1.29, 1.82) is 0 Å². The van der Waals surface area contributed by atoms with Gasteiger partial charge in [-0.1, -0.05) is 30.3 Å². The summed E-state index contributed by atoms with van der Waals surface area (Å²) < 4.78 is 5.77. The zero-order valence-electron chi connectivity index (χ0n) is 15.2. The lowest BCUT2D eigenvalue weighted by molar-refractivity contribution is 0.0915. The van der Waals surface area contributed by atoms with Crippen LogP contribution in [0.2, 0.25) is 0 Å². The van der Waals surface area contributed by atoms with Gasteiger partial charge in [0.1, 0.15) is 5.76 Å². The van der Waals surface area contributed by atoms with Crippen LogP contribution in [-0.4, -0.2) is 42.0 Å². The van der Waals surface area contributed by atoms with Gasteiger partial charge in [0.05, 0.1) is 5.69 Å². The molecule has 1 aliphatic heterocycles. The molecule has 2 aliphatic rings. The molecule has 1 aromatic carbocycles. The Morgan fingerprint density at radius 3 is 2.81 bits per heavy atom. The Labute approximate surface area is 154 Å². The second-order valence-corrected chi connectivity index (χ2v) is 7.47. The first-order valence-electron chi connectivity index (χ1n) is 9.81. The van der Waals surface area contributed by atoms with Crippen molar-refractivity contribution in [2.24, 2.45) is 5.92 Å². The van der Waals surface area contributed by atoms with Crippen molar-refractivity contribution < 1.29 is 9.21 Å². The average Bonchev–Trinajstić information content (AvgIpc) is 3.44. The lowest BCUT2D eigenvalue weighted by Gasteiger charge is -2.19. The topological polar surface area (TPSA) is 58.4 Å². The van der Waals surface area contributed by atoms with Crippen molar-refractivity contribution in [3.63, 3.8) is 0 Å². The summed E-state index contributed by atoms with van der Waals surface area (Å²) in [6, 6.07) is 10.6. The van der Waals surface area contributed by atoms with Gasteiger partial charge in [0.2, 0.25) is 0 Å². The van der Waals surface area contributed by atoms with Crippen LogP contribution in [0.4, 0.5) is 0 Å². The van der Waals surface area contributed by atoms with Gasteiger partial charge in [0.25, 0.3) is 5.89 Å². The standard InChI is InChI=1S/C21H27N3O2/c25-20(22-15-17-8-9-17)21-23-18-10-13-24(14-11-19(18)26-21)12-4-7-16-5-2-1-3-6-16/h1-3,5-6,17H,4,7-15H2,(H,22,25). The van der Waals surface area contributed by atoms with Crippen LogP contribution < -0.4 is 5.32 Å². The molecule has 1 N–H and O–H groups in total. The first-order chi connectivity index (χ1) is 12.8. The molecule has 138 valence electrons. The monoisotopic (exact) mass is 353 g/mol. The number of nitrogens with one attached hydrogen (secondary N) is 1. The van der Waals surface area contributed by atoms with E-state index in [-0.39, 0.29) is 11.8 Å². The molecule has 1 amide bonds. The van der Waals surface area contributed by atoms with E-state index in [1.54, 1.807) is 0 Å². The van der Waals surface area contributed by atoms with Crippen molar-refractivity contribution in [1.82, 2.24) is 15.2 Å². The molecule has 0 atom stereocenters. The van der Waals surface area contributed by atoms with Gasteiger partial charge in [-0.2, -0.15) is 0 Å². The normalized spacial score (nSPS) is 17.5. The first kappa shape index (κ1) is 17.3. The van der Waals surface area contributed by atoms with Crippen LogP contribution in [0, 0.1) is 5.92 Å². The van der Waals surface area contributed by atoms with Crippen molar-refractivity contribution in [2.45, 2.75) is 38.5 Å². The highest BCUT2D eigenvalue weighted by molar-refractivity contribution is 5.89. The molecule has 0 saturated heterocycles. The highest BCUT2D eigenvalue weighted by Gasteiger charge is 2.25. The molecular formula is C21H27N3O2. The molecule has 0 radical (unpaired) electrons. The third-order valence-corrected chi connectivity index (χ3v) is 5.32. The zero-order valence-corrected chi connectivity index (χ0v) is 15.2. The molecule has 4 rings (SSSR count). The minimum absolute atomic E-state index is 0.162. The molecule has 1 aromatic heterocycles. The highest BCUT2D eigenvalue weighted by Crippen LogP contribution is 2.27. The first-order valence-corrected chi connectivity index (χ1v) is 9.81. The number of oxazole rings is 1. The smallest absolute Gasteiger partial charge is 0.307 e. The Bertz CT molecular complexity index is 711. The van der Waals surface area contributed by atoms with Crippen LogP contribution in [0.3, 0.4) is 0 Å². The van der Waals surface area contributed by atoms with Crippen LogP contribution in [0.15, 0.2) is 34.7 Å². The summed E-state index contributed by atoms with van der Waals surface area (Å²) in [6.45, 7) is 3.80. The molecule has 2 aromatic rings. The summed E-state index contributed by atoms with van der Waals surface area (Å²) >= 11 is 0. The second kappa shape index (κ2) is 8.04. The van der Waals surface area contributed by atoms with E-state index in [1.807, 2.05) is 0 Å². The number of benzene rings is 1. The number of amides is 1. The number of hydrogen-bond donors (Lipinski definition) is 1.